The van der Waals surface area contributed by atoms with Crippen LogP contribution in [0.4, 0.5) is 11.5 Å². The largest absolute Gasteiger partial charge is 0.384 e. The van der Waals surface area contributed by atoms with E-state index in [1.165, 1.54) is 6.20 Å². The average molecular weight is 227 g/mol. The van der Waals surface area contributed by atoms with E-state index < -0.39 is 0 Å². The Bertz CT molecular complexity index is 552. The van der Waals surface area contributed by atoms with Crippen molar-refractivity contribution in [3.63, 3.8) is 0 Å². The summed E-state index contributed by atoms with van der Waals surface area (Å²) < 4.78 is 0. The van der Waals surface area contributed by atoms with Crippen LogP contribution in [-0.2, 0) is 0 Å². The van der Waals surface area contributed by atoms with E-state index in [4.69, 9.17) is 5.73 Å². The van der Waals surface area contributed by atoms with Crippen LogP contribution in [0, 0.1) is 6.92 Å². The summed E-state index contributed by atoms with van der Waals surface area (Å²) in [5.74, 6) is 0.145. The molecule has 4 nitrogen and oxygen atoms in total. The Labute approximate surface area is 99.5 Å². The number of hydrogen-bond acceptors (Lipinski definition) is 3. The highest BCUT2D eigenvalue weighted by Gasteiger charge is 2.06. The van der Waals surface area contributed by atoms with Gasteiger partial charge in [0.1, 0.15) is 5.82 Å². The number of anilines is 2. The zero-order valence-electron chi connectivity index (χ0n) is 9.47. The summed E-state index contributed by atoms with van der Waals surface area (Å²) in [6.07, 6.45) is 1.51. The molecule has 0 atom stereocenters. The maximum Gasteiger partial charge on any atom is 0.255 e. The number of benzene rings is 1. The molecule has 0 unspecified atom stereocenters. The predicted octanol–water partition coefficient (Wildman–Crippen LogP) is 2.22. The summed E-state index contributed by atoms with van der Waals surface area (Å²) in [4.78, 5) is 15.7. The van der Waals surface area contributed by atoms with E-state index in [-0.39, 0.29) is 5.91 Å². The fourth-order valence-corrected chi connectivity index (χ4v) is 1.52. The third-order valence-electron chi connectivity index (χ3n) is 2.32. The number of nitrogens with one attached hydrogen (secondary N) is 1. The predicted molar refractivity (Wildman–Crippen MR) is 67.8 cm³/mol. The second-order valence-electron chi connectivity index (χ2n) is 3.79. The van der Waals surface area contributed by atoms with Gasteiger partial charge >= 0.3 is 0 Å². The smallest absolute Gasteiger partial charge is 0.255 e. The summed E-state index contributed by atoms with van der Waals surface area (Å²) in [5, 5.41) is 2.80. The van der Waals surface area contributed by atoms with Crippen molar-refractivity contribution >= 4 is 17.4 Å². The van der Waals surface area contributed by atoms with E-state index in [1.807, 2.05) is 31.2 Å². The standard InChI is InChI=1S/C13H13N3O/c1-9-3-2-4-11(7-9)16-13(17)10-5-6-15-12(14)8-10/h2-8H,1H3,(H2,14,15)(H,16,17). The van der Waals surface area contributed by atoms with Gasteiger partial charge in [0, 0.05) is 17.4 Å². The van der Waals surface area contributed by atoms with Gasteiger partial charge in [-0.25, -0.2) is 4.98 Å². The molecule has 0 aliphatic carbocycles. The molecule has 0 aliphatic rings. The number of nitrogens with two attached hydrogens (primary N) is 1. The summed E-state index contributed by atoms with van der Waals surface area (Å²) in [7, 11) is 0. The normalized spacial score (nSPS) is 9.94. The maximum absolute atomic E-state index is 11.9. The van der Waals surface area contributed by atoms with E-state index in [2.05, 4.69) is 10.3 Å². The molecule has 0 spiro atoms. The molecule has 0 aliphatic heterocycles. The number of amides is 1. The quantitative estimate of drug-likeness (QED) is 0.826. The van der Waals surface area contributed by atoms with Crippen LogP contribution in [0.2, 0.25) is 0 Å². The van der Waals surface area contributed by atoms with E-state index in [0.717, 1.165) is 11.3 Å². The fraction of sp³-hybridized carbons (Fsp3) is 0.0769. The summed E-state index contributed by atoms with van der Waals surface area (Å²) >= 11 is 0. The van der Waals surface area contributed by atoms with Crippen LogP contribution in [-0.4, -0.2) is 10.9 Å². The molecule has 17 heavy (non-hydrogen) atoms. The molecule has 0 bridgehead atoms. The molecule has 2 rings (SSSR count). The first-order chi connectivity index (χ1) is 8.15. The van der Waals surface area contributed by atoms with Crippen molar-refractivity contribution in [1.29, 1.82) is 0 Å². The molecule has 0 saturated heterocycles. The van der Waals surface area contributed by atoms with Crippen molar-refractivity contribution in [2.24, 2.45) is 0 Å². The topological polar surface area (TPSA) is 68.0 Å². The van der Waals surface area contributed by atoms with E-state index in [1.54, 1.807) is 12.1 Å². The van der Waals surface area contributed by atoms with Crippen LogP contribution < -0.4 is 11.1 Å². The van der Waals surface area contributed by atoms with Gasteiger partial charge in [0.2, 0.25) is 0 Å². The van der Waals surface area contributed by atoms with Gasteiger partial charge in [-0.3, -0.25) is 4.79 Å². The molecule has 2 aromatic rings. The summed E-state index contributed by atoms with van der Waals surface area (Å²) in [6.45, 7) is 1.97. The molecular formula is C13H13N3O. The molecule has 1 heterocycles. The van der Waals surface area contributed by atoms with Crippen molar-refractivity contribution in [3.05, 3.63) is 53.7 Å². The van der Waals surface area contributed by atoms with Gasteiger partial charge in [0.15, 0.2) is 0 Å². The Kier molecular flexibility index (Phi) is 3.05. The maximum atomic E-state index is 11.9. The lowest BCUT2D eigenvalue weighted by Crippen LogP contribution is -2.12. The molecular weight excluding hydrogens is 214 g/mol. The van der Waals surface area contributed by atoms with E-state index in [9.17, 15) is 4.79 Å². The molecule has 1 aromatic carbocycles. The van der Waals surface area contributed by atoms with Crippen molar-refractivity contribution < 1.29 is 4.79 Å². The first-order valence-corrected chi connectivity index (χ1v) is 5.25. The molecule has 0 radical (unpaired) electrons. The molecule has 1 amide bonds. The van der Waals surface area contributed by atoms with Gasteiger partial charge in [-0.2, -0.15) is 0 Å². The van der Waals surface area contributed by atoms with Gasteiger partial charge in [0.05, 0.1) is 0 Å². The Balaban J connectivity index is 2.17. The number of rotatable bonds is 2. The number of nitrogens with zero attached hydrogens (tertiary/aromatic N) is 1. The second kappa shape index (κ2) is 4.65. The lowest BCUT2D eigenvalue weighted by Gasteiger charge is -2.06. The highest BCUT2D eigenvalue weighted by atomic mass is 16.1. The Morgan fingerprint density at radius 2 is 2.12 bits per heavy atom. The number of nitrogen functional groups attached to an aromatic ring is 1. The Morgan fingerprint density at radius 1 is 1.29 bits per heavy atom. The molecule has 0 saturated carbocycles. The minimum absolute atomic E-state index is 0.190. The molecule has 0 fully saturated rings. The fourth-order valence-electron chi connectivity index (χ4n) is 1.52. The van der Waals surface area contributed by atoms with Crippen molar-refractivity contribution in [3.8, 4) is 0 Å². The summed E-state index contributed by atoms with van der Waals surface area (Å²) in [6, 6.07) is 10.8. The number of aryl methyl sites for hydroxylation is 1. The van der Waals surface area contributed by atoms with Gasteiger partial charge in [-0.05, 0) is 36.8 Å². The number of carbonyl (C=O) groups excluding carboxylic acids is 1. The number of aromatic nitrogens is 1. The minimum Gasteiger partial charge on any atom is -0.384 e. The molecule has 4 heteroatoms. The van der Waals surface area contributed by atoms with Crippen molar-refractivity contribution in [1.82, 2.24) is 4.98 Å². The molecule has 86 valence electrons. The Morgan fingerprint density at radius 3 is 2.82 bits per heavy atom. The van der Waals surface area contributed by atoms with Crippen LogP contribution in [0.5, 0.6) is 0 Å². The summed E-state index contributed by atoms with van der Waals surface area (Å²) in [5.41, 5.74) is 7.89. The van der Waals surface area contributed by atoms with E-state index >= 15 is 0 Å². The SMILES string of the molecule is Cc1cccc(NC(=O)c2ccnc(N)c2)c1. The van der Waals surface area contributed by atoms with Gasteiger partial charge in [-0.1, -0.05) is 12.1 Å². The number of hydrogen-bond donors (Lipinski definition) is 2. The first kappa shape index (κ1) is 11.1. The van der Waals surface area contributed by atoms with Crippen LogP contribution >= 0.6 is 0 Å². The highest BCUT2D eigenvalue weighted by Crippen LogP contribution is 2.12. The first-order valence-electron chi connectivity index (χ1n) is 5.25. The zero-order chi connectivity index (χ0) is 12.3. The van der Waals surface area contributed by atoms with Crippen LogP contribution in [0.1, 0.15) is 15.9 Å². The highest BCUT2D eigenvalue weighted by molar-refractivity contribution is 6.04. The average Bonchev–Trinajstić information content (AvgIpc) is 2.29. The van der Waals surface area contributed by atoms with Gasteiger partial charge in [0.25, 0.3) is 5.91 Å². The third kappa shape index (κ3) is 2.81. The number of carbonyl (C=O) groups is 1. The Hall–Kier alpha value is -2.36. The monoisotopic (exact) mass is 227 g/mol. The lowest BCUT2D eigenvalue weighted by atomic mass is 10.2. The molecule has 3 N–H and O–H groups in total. The molecule has 1 aromatic heterocycles. The van der Waals surface area contributed by atoms with Crippen molar-refractivity contribution in [2.75, 3.05) is 11.1 Å². The van der Waals surface area contributed by atoms with E-state index in [0.29, 0.717) is 11.4 Å². The van der Waals surface area contributed by atoms with Crippen LogP contribution in [0.3, 0.4) is 0 Å². The lowest BCUT2D eigenvalue weighted by molar-refractivity contribution is 0.102. The van der Waals surface area contributed by atoms with Crippen LogP contribution in [0.15, 0.2) is 42.6 Å². The van der Waals surface area contributed by atoms with Crippen LogP contribution in [0.25, 0.3) is 0 Å². The number of pyridine rings is 1. The van der Waals surface area contributed by atoms with Gasteiger partial charge in [-0.15, -0.1) is 0 Å². The minimum atomic E-state index is -0.190. The third-order valence-corrected chi connectivity index (χ3v) is 2.32. The second-order valence-corrected chi connectivity index (χ2v) is 3.79. The van der Waals surface area contributed by atoms with Crippen molar-refractivity contribution in [2.45, 2.75) is 6.92 Å². The zero-order valence-corrected chi connectivity index (χ0v) is 9.47. The van der Waals surface area contributed by atoms with Gasteiger partial charge < -0.3 is 11.1 Å².